The maximum atomic E-state index is 8.69. The Hall–Kier alpha value is -3.46. The first-order chi connectivity index (χ1) is 18.8. The van der Waals surface area contributed by atoms with Gasteiger partial charge in [-0.15, -0.1) is 29.3 Å². The van der Waals surface area contributed by atoms with Gasteiger partial charge in [0, 0.05) is 26.8 Å². The molecule has 0 fully saturated rings. The molecule has 41 heavy (non-hydrogen) atoms. The van der Waals surface area contributed by atoms with Crippen molar-refractivity contribution in [1.29, 1.82) is 0 Å². The summed E-state index contributed by atoms with van der Waals surface area (Å²) in [6.07, 6.45) is 4.29. The van der Waals surface area contributed by atoms with E-state index in [2.05, 4.69) is 104 Å². The Morgan fingerprint density at radius 1 is 0.805 bits per heavy atom. The summed E-state index contributed by atoms with van der Waals surface area (Å²) in [5, 5.41) is 14.0. The summed E-state index contributed by atoms with van der Waals surface area (Å²) in [5.74, 6) is 0.343. The molecule has 1 radical (unpaired) electrons. The number of aliphatic hydroxyl groups excluding tert-OH is 1. The predicted octanol–water partition coefficient (Wildman–Crippen LogP) is 8.98. The van der Waals surface area contributed by atoms with Gasteiger partial charge >= 0.3 is 5.78 Å². The van der Waals surface area contributed by atoms with Crippen molar-refractivity contribution in [3.05, 3.63) is 116 Å². The van der Waals surface area contributed by atoms with E-state index in [1.54, 1.807) is 6.92 Å². The van der Waals surface area contributed by atoms with Crippen molar-refractivity contribution in [2.75, 3.05) is 0 Å². The number of hydrogen-bond acceptors (Lipinski definition) is 1. The molecule has 3 nitrogen and oxygen atoms in total. The second-order valence-electron chi connectivity index (χ2n) is 11.2. The van der Waals surface area contributed by atoms with E-state index >= 15 is 0 Å². The molecule has 5 rings (SSSR count). The van der Waals surface area contributed by atoms with Crippen LogP contribution in [0.5, 0.6) is 0 Å². The molecule has 0 aromatic heterocycles. The zero-order chi connectivity index (χ0) is 29.6. The van der Waals surface area contributed by atoms with Gasteiger partial charge in [-0.25, -0.2) is 0 Å². The third-order valence-corrected chi connectivity index (χ3v) is 8.86. The number of carbonyl (C=O) groups excluding carboxylic acids is 1. The minimum Gasteiger partial charge on any atom is -0.512 e. The number of rotatable bonds is 2. The minimum atomic E-state index is 0. The van der Waals surface area contributed by atoms with Crippen LogP contribution in [-0.4, -0.2) is 27.0 Å². The minimum absolute atomic E-state index is 0. The molecule has 4 aromatic carbocycles. The molecule has 4 heteroatoms. The number of ketones is 1. The van der Waals surface area contributed by atoms with Crippen molar-refractivity contribution in [2.45, 2.75) is 69.2 Å². The van der Waals surface area contributed by atoms with Crippen molar-refractivity contribution in [3.63, 3.8) is 0 Å². The van der Waals surface area contributed by atoms with Crippen molar-refractivity contribution in [3.8, 4) is 0 Å². The fourth-order valence-electron chi connectivity index (χ4n) is 5.44. The number of benzene rings is 4. The summed E-state index contributed by atoms with van der Waals surface area (Å²) < 4.78 is 2.00. The van der Waals surface area contributed by atoms with Gasteiger partial charge in [0.2, 0.25) is 0 Å². The average molecular weight is 724 g/mol. The van der Waals surface area contributed by atoms with Crippen molar-refractivity contribution >= 4 is 40.1 Å². The Balaban J connectivity index is 0.000000453. The largest absolute Gasteiger partial charge is 0.512 e. The zero-order valence-electron chi connectivity index (χ0n) is 25.9. The van der Waals surface area contributed by atoms with E-state index in [0.29, 0.717) is 5.57 Å². The second kappa shape index (κ2) is 12.2. The van der Waals surface area contributed by atoms with E-state index < -0.39 is 0 Å². The molecule has 4 aromatic rings. The Morgan fingerprint density at radius 3 is 2.00 bits per heavy atom. The van der Waals surface area contributed by atoms with Crippen molar-refractivity contribution < 1.29 is 34.6 Å². The molecular weight excluding hydrogens is 683 g/mol. The van der Waals surface area contributed by atoms with Crippen LogP contribution >= 0.6 is 0 Å². The average Bonchev–Trinajstić information content (AvgIpc) is 2.92. The number of allylic oxidation sites excluding steroid dienone is 2. The van der Waals surface area contributed by atoms with Gasteiger partial charge in [-0.2, -0.15) is 0 Å². The number of aryl methyl sites for hydroxylation is 3. The standard InChI is InChI=1S/C31H30N.C6H10O2.Ir/c1-17-15-29(23(7)21(5)19(17)3)31-28-12-11-26-25(27(28)13-14-32(31)8)10-9-24-22(6)20(4)18(2)16-30(24)26;1-4(5(2)7)6(3)8;/h9-14,16H,8H2,1-7H3;7H,1-3H3;/q-1;;/p+1. The maximum Gasteiger partial charge on any atom is 0.319 e. The summed E-state index contributed by atoms with van der Waals surface area (Å²) >= 11 is 0. The molecule has 0 spiro atoms. The summed E-state index contributed by atoms with van der Waals surface area (Å²) in [6.45, 7) is 24.5. The van der Waals surface area contributed by atoms with Crippen LogP contribution in [0.15, 0.2) is 47.9 Å². The van der Waals surface area contributed by atoms with Crippen LogP contribution < -0.4 is 0 Å². The van der Waals surface area contributed by atoms with Gasteiger partial charge in [-0.05, 0) is 88.2 Å². The topological polar surface area (TPSA) is 44.6 Å². The number of nitrogens with zero attached hydrogens (tertiary/aromatic N) is 1. The molecule has 1 aliphatic heterocycles. The molecule has 0 saturated carbocycles. The Bertz CT molecular complexity index is 1790. The molecule has 0 bridgehead atoms. The maximum absolute atomic E-state index is 8.69. The van der Waals surface area contributed by atoms with Crippen LogP contribution in [0.3, 0.4) is 0 Å². The molecule has 0 atom stereocenters. The Kier molecular flexibility index (Phi) is 9.53. The Morgan fingerprint density at radius 2 is 1.41 bits per heavy atom. The molecule has 2 N–H and O–H groups in total. The van der Waals surface area contributed by atoms with Gasteiger partial charge in [0.05, 0.1) is 24.7 Å². The number of aliphatic hydroxyl groups is 1. The smallest absolute Gasteiger partial charge is 0.319 e. The van der Waals surface area contributed by atoms with Gasteiger partial charge in [0.25, 0.3) is 0 Å². The van der Waals surface area contributed by atoms with Gasteiger partial charge < -0.3 is 9.68 Å². The fourth-order valence-corrected chi connectivity index (χ4v) is 5.44. The first-order valence-corrected chi connectivity index (χ1v) is 13.8. The molecule has 0 unspecified atom stereocenters. The van der Waals surface area contributed by atoms with E-state index in [-0.39, 0.29) is 31.6 Å². The molecule has 0 saturated heterocycles. The zero-order valence-corrected chi connectivity index (χ0v) is 28.3. The molecule has 1 heterocycles. The third-order valence-electron chi connectivity index (χ3n) is 8.86. The van der Waals surface area contributed by atoms with Gasteiger partial charge in [0.15, 0.2) is 0 Å². The Labute approximate surface area is 258 Å². The number of hydrogen-bond donors (Lipinski definition) is 1. The fraction of sp³-hybridized carbons (Fsp3) is 0.270. The first-order valence-electron chi connectivity index (χ1n) is 13.8. The predicted molar refractivity (Wildman–Crippen MR) is 171 cm³/mol. The first kappa shape index (κ1) is 32.1. The summed E-state index contributed by atoms with van der Waals surface area (Å²) in [6, 6.07) is 16.3. The van der Waals surface area contributed by atoms with Crippen molar-refractivity contribution in [2.24, 2.45) is 0 Å². The van der Waals surface area contributed by atoms with E-state index in [9.17, 15) is 0 Å². The van der Waals surface area contributed by atoms with E-state index in [1.165, 1.54) is 85.5 Å². The quantitative estimate of drug-likeness (QED) is 0.0551. The molecule has 0 aliphatic carbocycles. The third kappa shape index (κ3) is 5.69. The summed E-state index contributed by atoms with van der Waals surface area (Å²) in [5.41, 5.74) is 13.4. The SMILES string of the molecule is C=[N+]1C=Cc2c(ccc3c2ccc2c(C)c(C)c(C)cc23)[C-]1c1[c-]c(C)c(C)c(C)c1C.CC(=[OH+])C(C)=C(C)O.[Ir]. The normalized spacial score (nSPS) is 12.9. The van der Waals surface area contributed by atoms with Crippen LogP contribution in [0.2, 0.25) is 0 Å². The van der Waals surface area contributed by atoms with E-state index in [1.807, 2.05) is 4.58 Å². The van der Waals surface area contributed by atoms with Crippen LogP contribution in [0.25, 0.3) is 27.6 Å². The van der Waals surface area contributed by atoms with E-state index in [0.717, 1.165) is 11.6 Å². The molecule has 215 valence electrons. The molecule has 0 amide bonds. The van der Waals surface area contributed by atoms with Gasteiger partial charge in [0.1, 0.15) is 5.76 Å². The monoisotopic (exact) mass is 724 g/mol. The summed E-state index contributed by atoms with van der Waals surface area (Å²) in [7, 11) is 0. The second-order valence-corrected chi connectivity index (χ2v) is 11.2. The summed E-state index contributed by atoms with van der Waals surface area (Å²) in [4.78, 5) is 8.69. The van der Waals surface area contributed by atoms with Crippen molar-refractivity contribution in [1.82, 2.24) is 0 Å². The van der Waals surface area contributed by atoms with E-state index in [4.69, 9.17) is 9.90 Å². The van der Waals surface area contributed by atoms with Crippen LogP contribution in [0.1, 0.15) is 76.4 Å². The van der Waals surface area contributed by atoms with Gasteiger partial charge in [-0.1, -0.05) is 64.4 Å². The molecule has 1 aliphatic rings. The van der Waals surface area contributed by atoms with Crippen LogP contribution in [0.4, 0.5) is 0 Å². The van der Waals surface area contributed by atoms with Crippen LogP contribution in [-0.2, 0) is 20.1 Å². The molecular formula is C37H41IrNO2. The van der Waals surface area contributed by atoms with Crippen LogP contribution in [0, 0.1) is 60.6 Å². The van der Waals surface area contributed by atoms with Gasteiger partial charge in [-0.3, -0.25) is 4.79 Å². The number of fused-ring (bicyclic) bond motifs is 5.